The first-order valence-corrected chi connectivity index (χ1v) is 5.75. The first-order valence-electron chi connectivity index (χ1n) is 5.75. The van der Waals surface area contributed by atoms with Crippen molar-refractivity contribution in [2.24, 2.45) is 0 Å². The Bertz CT molecular complexity index is 695. The van der Waals surface area contributed by atoms with Crippen LogP contribution < -0.4 is 0 Å². The summed E-state index contributed by atoms with van der Waals surface area (Å²) >= 11 is 0. The Balaban J connectivity index is 2.14. The van der Waals surface area contributed by atoms with Crippen molar-refractivity contribution in [2.45, 2.75) is 12.3 Å². The van der Waals surface area contributed by atoms with Gasteiger partial charge in [-0.2, -0.15) is 0 Å². The van der Waals surface area contributed by atoms with E-state index in [-0.39, 0.29) is 0 Å². The molecule has 1 atom stereocenters. The van der Waals surface area contributed by atoms with Crippen molar-refractivity contribution in [2.75, 3.05) is 0 Å². The third-order valence-corrected chi connectivity index (χ3v) is 3.97. The highest BCUT2D eigenvalue weighted by Crippen LogP contribution is 2.45. The van der Waals surface area contributed by atoms with Crippen LogP contribution >= 0.6 is 0 Å². The van der Waals surface area contributed by atoms with E-state index in [1.807, 2.05) is 0 Å². The van der Waals surface area contributed by atoms with Crippen molar-refractivity contribution >= 4 is 6.08 Å². The van der Waals surface area contributed by atoms with Gasteiger partial charge in [0.15, 0.2) is 0 Å². The van der Waals surface area contributed by atoms with E-state index in [0.29, 0.717) is 5.92 Å². The van der Waals surface area contributed by atoms with E-state index < -0.39 is 0 Å². The van der Waals surface area contributed by atoms with Gasteiger partial charge in [0.05, 0.1) is 11.4 Å². The van der Waals surface area contributed by atoms with E-state index in [1.165, 1.54) is 39.2 Å². The number of hydrogen-bond acceptors (Lipinski definition) is 1. The van der Waals surface area contributed by atoms with Gasteiger partial charge in [0, 0.05) is 11.5 Å². The van der Waals surface area contributed by atoms with Crippen molar-refractivity contribution in [1.29, 1.82) is 0 Å². The molecule has 1 unspecified atom stereocenters. The molecule has 1 nitrogen and oxygen atoms in total. The smallest absolute Gasteiger partial charge is 0.0714 e. The van der Waals surface area contributed by atoms with E-state index in [9.17, 15) is 0 Å². The number of benzene rings is 1. The van der Waals surface area contributed by atoms with Gasteiger partial charge in [0.1, 0.15) is 0 Å². The Kier molecular flexibility index (Phi) is 0.980. The van der Waals surface area contributed by atoms with Crippen LogP contribution in [0.1, 0.15) is 33.9 Å². The molecule has 2 aliphatic carbocycles. The Labute approximate surface area is 93.5 Å². The van der Waals surface area contributed by atoms with Crippen LogP contribution in [0.2, 0.25) is 0 Å². The molecule has 1 aromatic carbocycles. The van der Waals surface area contributed by atoms with Crippen LogP contribution in [0.25, 0.3) is 17.3 Å². The minimum Gasteiger partial charge on any atom is -0.252 e. The molecule has 1 aliphatic heterocycles. The second kappa shape index (κ2) is 2.12. The molecule has 2 aromatic rings. The lowest BCUT2D eigenvalue weighted by Gasteiger charge is -2.13. The summed E-state index contributed by atoms with van der Waals surface area (Å²) in [6, 6.07) is 9.21. The second-order valence-corrected chi connectivity index (χ2v) is 4.95. The molecule has 0 saturated carbocycles. The van der Waals surface area contributed by atoms with Crippen LogP contribution in [-0.4, -0.2) is 4.98 Å². The third-order valence-electron chi connectivity index (χ3n) is 3.97. The van der Waals surface area contributed by atoms with E-state index in [4.69, 9.17) is 4.98 Å². The molecule has 74 valence electrons. The molecule has 0 radical (unpaired) electrons. The van der Waals surface area contributed by atoms with Gasteiger partial charge in [0.2, 0.25) is 0 Å². The molecule has 2 heterocycles. The summed E-state index contributed by atoms with van der Waals surface area (Å²) in [5.74, 6) is 0.412. The van der Waals surface area contributed by atoms with Gasteiger partial charge in [-0.1, -0.05) is 18.2 Å². The zero-order chi connectivity index (χ0) is 10.3. The van der Waals surface area contributed by atoms with Gasteiger partial charge >= 0.3 is 0 Å². The molecule has 8 bridgehead atoms. The average Bonchev–Trinajstić information content (AvgIpc) is 2.63. The minimum absolute atomic E-state index is 0.412. The van der Waals surface area contributed by atoms with E-state index in [0.717, 1.165) is 6.42 Å². The highest BCUT2D eigenvalue weighted by atomic mass is 14.7. The summed E-state index contributed by atoms with van der Waals surface area (Å²) in [5.41, 5.74) is 9.46. The van der Waals surface area contributed by atoms with E-state index in [2.05, 4.69) is 36.4 Å². The topological polar surface area (TPSA) is 12.9 Å². The number of allylic oxidation sites excluding steroid dienone is 1. The monoisotopic (exact) mass is 203 g/mol. The van der Waals surface area contributed by atoms with Crippen LogP contribution in [0.5, 0.6) is 0 Å². The fourth-order valence-corrected chi connectivity index (χ4v) is 3.30. The number of aromatic nitrogens is 1. The van der Waals surface area contributed by atoms with Crippen LogP contribution in [0, 0.1) is 0 Å². The Morgan fingerprint density at radius 1 is 1.06 bits per heavy atom. The number of fused-ring (bicyclic) bond motifs is 4. The molecule has 0 N–H and O–H groups in total. The molecule has 0 fully saturated rings. The highest BCUT2D eigenvalue weighted by molar-refractivity contribution is 5.83. The van der Waals surface area contributed by atoms with Crippen molar-refractivity contribution in [1.82, 2.24) is 4.98 Å². The molecule has 1 aromatic heterocycles. The van der Waals surface area contributed by atoms with Gasteiger partial charge in [0.25, 0.3) is 0 Å². The quantitative estimate of drug-likeness (QED) is 0.547. The standard InChI is InChI=1S/C15H9N/c1-2-11-12-4-8-3-9-6-14(11)16-15(7-9)13(5-8)10(1)12/h1-2,4-7,11H,3H2. The van der Waals surface area contributed by atoms with Gasteiger partial charge in [-0.3, -0.25) is 4.98 Å². The van der Waals surface area contributed by atoms with Gasteiger partial charge in [-0.25, -0.2) is 0 Å². The summed E-state index contributed by atoms with van der Waals surface area (Å²) in [5, 5.41) is 0. The van der Waals surface area contributed by atoms with Crippen molar-refractivity contribution < 1.29 is 0 Å². The predicted octanol–water partition coefficient (Wildman–Crippen LogP) is 3.12. The molecule has 5 rings (SSSR count). The van der Waals surface area contributed by atoms with Crippen molar-refractivity contribution in [3.8, 4) is 11.3 Å². The molecular formula is C15H9N. The summed E-state index contributed by atoms with van der Waals surface area (Å²) in [7, 11) is 0. The van der Waals surface area contributed by atoms with E-state index >= 15 is 0 Å². The van der Waals surface area contributed by atoms with Crippen molar-refractivity contribution in [3.05, 3.63) is 58.3 Å². The first kappa shape index (κ1) is 7.39. The molecule has 3 aliphatic rings. The van der Waals surface area contributed by atoms with Crippen LogP contribution in [0.15, 0.2) is 30.3 Å². The zero-order valence-electron chi connectivity index (χ0n) is 8.70. The summed E-state index contributed by atoms with van der Waals surface area (Å²) in [6.07, 6.45) is 5.62. The van der Waals surface area contributed by atoms with E-state index in [1.54, 1.807) is 0 Å². The molecule has 1 heteroatoms. The predicted molar refractivity (Wildman–Crippen MR) is 63.4 cm³/mol. The Hall–Kier alpha value is -1.89. The lowest BCUT2D eigenvalue weighted by Crippen LogP contribution is -2.02. The number of rotatable bonds is 0. The summed E-state index contributed by atoms with van der Waals surface area (Å²) < 4.78 is 0. The highest BCUT2D eigenvalue weighted by Gasteiger charge is 2.30. The number of pyridine rings is 1. The minimum atomic E-state index is 0.412. The van der Waals surface area contributed by atoms with Crippen molar-refractivity contribution in [3.63, 3.8) is 0 Å². The Morgan fingerprint density at radius 3 is 3.00 bits per heavy atom. The fraction of sp³-hybridized carbons (Fsp3) is 0.133. The lowest BCUT2D eigenvalue weighted by molar-refractivity contribution is 0.959. The molecule has 0 spiro atoms. The fourth-order valence-electron chi connectivity index (χ4n) is 3.30. The lowest BCUT2D eigenvalue weighted by atomic mass is 9.91. The van der Waals surface area contributed by atoms with Crippen LogP contribution in [-0.2, 0) is 6.42 Å². The second-order valence-electron chi connectivity index (χ2n) is 4.95. The SMILES string of the molecule is C1=CC2c3cc4cc(n3)-c3cc(cc2c31)C4. The first-order chi connectivity index (χ1) is 7.88. The van der Waals surface area contributed by atoms with Gasteiger partial charge in [-0.05, 0) is 46.9 Å². The molecular weight excluding hydrogens is 194 g/mol. The number of hydrogen-bond donors (Lipinski definition) is 0. The van der Waals surface area contributed by atoms with Crippen LogP contribution in [0.4, 0.5) is 0 Å². The number of nitrogens with zero attached hydrogens (tertiary/aromatic N) is 1. The maximum absolute atomic E-state index is 4.79. The van der Waals surface area contributed by atoms with Crippen LogP contribution in [0.3, 0.4) is 0 Å². The van der Waals surface area contributed by atoms with Gasteiger partial charge in [-0.15, -0.1) is 0 Å². The maximum Gasteiger partial charge on any atom is 0.0714 e. The summed E-state index contributed by atoms with van der Waals surface area (Å²) in [4.78, 5) is 4.79. The Morgan fingerprint density at radius 2 is 2.00 bits per heavy atom. The maximum atomic E-state index is 4.79. The zero-order valence-corrected chi connectivity index (χ0v) is 8.70. The molecule has 0 saturated heterocycles. The molecule has 0 amide bonds. The summed E-state index contributed by atoms with van der Waals surface area (Å²) in [6.45, 7) is 0. The molecule has 16 heavy (non-hydrogen) atoms. The van der Waals surface area contributed by atoms with Gasteiger partial charge < -0.3 is 0 Å². The largest absolute Gasteiger partial charge is 0.252 e. The average molecular weight is 203 g/mol. The normalized spacial score (nSPS) is 20.6. The third kappa shape index (κ3) is 0.674.